The number of carbonyl (C=O) groups is 2. The Morgan fingerprint density at radius 3 is 2.71 bits per heavy atom. The molecule has 0 saturated carbocycles. The number of hydrogen-bond acceptors (Lipinski definition) is 4. The maximum atomic E-state index is 12.6. The van der Waals surface area contributed by atoms with Crippen molar-refractivity contribution in [2.75, 3.05) is 18.5 Å². The number of benzene rings is 2. The summed E-state index contributed by atoms with van der Waals surface area (Å²) in [5.41, 5.74) is 1.05. The molecule has 0 aromatic heterocycles. The molecule has 6 nitrogen and oxygen atoms in total. The Bertz CT molecular complexity index is 788. The van der Waals surface area contributed by atoms with E-state index in [0.717, 1.165) is 19.4 Å². The van der Waals surface area contributed by atoms with E-state index in [-0.39, 0.29) is 17.9 Å². The zero-order valence-corrected chi connectivity index (χ0v) is 16.0. The van der Waals surface area contributed by atoms with Gasteiger partial charge in [0.15, 0.2) is 6.10 Å². The van der Waals surface area contributed by atoms with E-state index in [1.807, 2.05) is 37.3 Å². The van der Waals surface area contributed by atoms with Gasteiger partial charge >= 0.3 is 0 Å². The lowest BCUT2D eigenvalue weighted by atomic mass is 10.1. The van der Waals surface area contributed by atoms with Gasteiger partial charge in [0.1, 0.15) is 5.75 Å². The normalized spacial score (nSPS) is 17.0. The van der Waals surface area contributed by atoms with E-state index < -0.39 is 6.10 Å². The molecule has 0 bridgehead atoms. The molecule has 3 rings (SSSR count). The summed E-state index contributed by atoms with van der Waals surface area (Å²) in [6, 6.07) is 16.1. The van der Waals surface area contributed by atoms with E-state index in [9.17, 15) is 9.59 Å². The number of ether oxygens (including phenoxy) is 2. The van der Waals surface area contributed by atoms with Crippen LogP contribution in [0, 0.1) is 0 Å². The topological polar surface area (TPSA) is 76.7 Å². The van der Waals surface area contributed by atoms with Crippen molar-refractivity contribution < 1.29 is 19.1 Å². The molecule has 2 N–H and O–H groups in total. The van der Waals surface area contributed by atoms with E-state index in [1.54, 1.807) is 24.3 Å². The summed E-state index contributed by atoms with van der Waals surface area (Å²) >= 11 is 0. The van der Waals surface area contributed by atoms with Gasteiger partial charge in [-0.2, -0.15) is 0 Å². The number of amides is 2. The maximum Gasteiger partial charge on any atom is 0.265 e. The van der Waals surface area contributed by atoms with Gasteiger partial charge in [-0.1, -0.05) is 31.2 Å². The zero-order valence-electron chi connectivity index (χ0n) is 16.0. The summed E-state index contributed by atoms with van der Waals surface area (Å²) in [4.78, 5) is 24.9. The van der Waals surface area contributed by atoms with E-state index >= 15 is 0 Å². The first-order chi connectivity index (χ1) is 13.7. The largest absolute Gasteiger partial charge is 0.481 e. The SMILES string of the molecule is CCC(Oc1ccccc1)C(=O)Nc1cccc(C(=O)NCC2CCCO2)c1. The molecule has 1 fully saturated rings. The molecule has 2 atom stereocenters. The third kappa shape index (κ3) is 5.57. The van der Waals surface area contributed by atoms with Crippen molar-refractivity contribution >= 4 is 17.5 Å². The molecule has 6 heteroatoms. The summed E-state index contributed by atoms with van der Waals surface area (Å²) in [5.74, 6) is 0.217. The monoisotopic (exact) mass is 382 g/mol. The van der Waals surface area contributed by atoms with Crippen molar-refractivity contribution in [3.05, 3.63) is 60.2 Å². The zero-order chi connectivity index (χ0) is 19.8. The minimum absolute atomic E-state index is 0.0901. The second kappa shape index (κ2) is 9.90. The van der Waals surface area contributed by atoms with Gasteiger partial charge in [-0.05, 0) is 49.6 Å². The molecule has 148 valence electrons. The Labute approximate surface area is 165 Å². The third-order valence-corrected chi connectivity index (χ3v) is 4.59. The van der Waals surface area contributed by atoms with Crippen LogP contribution in [0.25, 0.3) is 0 Å². The van der Waals surface area contributed by atoms with Crippen LogP contribution in [0.15, 0.2) is 54.6 Å². The van der Waals surface area contributed by atoms with E-state index in [0.29, 0.717) is 30.0 Å². The summed E-state index contributed by atoms with van der Waals surface area (Å²) in [5, 5.41) is 5.72. The predicted octanol–water partition coefficient (Wildman–Crippen LogP) is 3.39. The highest BCUT2D eigenvalue weighted by molar-refractivity contribution is 5.98. The molecule has 1 saturated heterocycles. The number of anilines is 1. The minimum Gasteiger partial charge on any atom is -0.481 e. The van der Waals surface area contributed by atoms with Crippen LogP contribution < -0.4 is 15.4 Å². The highest BCUT2D eigenvalue weighted by Crippen LogP contribution is 2.16. The van der Waals surface area contributed by atoms with Crippen molar-refractivity contribution in [1.82, 2.24) is 5.32 Å². The van der Waals surface area contributed by atoms with Crippen molar-refractivity contribution in [3.8, 4) is 5.75 Å². The first-order valence-corrected chi connectivity index (χ1v) is 9.68. The van der Waals surface area contributed by atoms with Crippen molar-refractivity contribution in [1.29, 1.82) is 0 Å². The van der Waals surface area contributed by atoms with Crippen LogP contribution in [0.2, 0.25) is 0 Å². The van der Waals surface area contributed by atoms with Gasteiger partial charge in [0, 0.05) is 24.4 Å². The standard InChI is InChI=1S/C22H26N2O4/c1-2-20(28-18-10-4-3-5-11-18)22(26)24-17-9-6-8-16(14-17)21(25)23-15-19-12-7-13-27-19/h3-6,8-11,14,19-20H,2,7,12-13,15H2,1H3,(H,23,25)(H,24,26). The first kappa shape index (κ1) is 19.9. The summed E-state index contributed by atoms with van der Waals surface area (Å²) in [6.45, 7) is 3.14. The molecular formula is C22H26N2O4. The van der Waals surface area contributed by atoms with Gasteiger partial charge in [0.25, 0.3) is 11.8 Å². The van der Waals surface area contributed by atoms with Gasteiger partial charge in [-0.25, -0.2) is 0 Å². The van der Waals surface area contributed by atoms with E-state index in [4.69, 9.17) is 9.47 Å². The Hall–Kier alpha value is -2.86. The predicted molar refractivity (Wildman–Crippen MR) is 108 cm³/mol. The highest BCUT2D eigenvalue weighted by Gasteiger charge is 2.20. The number of nitrogens with one attached hydrogen (secondary N) is 2. The summed E-state index contributed by atoms with van der Waals surface area (Å²) in [7, 11) is 0. The fraction of sp³-hybridized carbons (Fsp3) is 0.364. The minimum atomic E-state index is -0.612. The molecule has 28 heavy (non-hydrogen) atoms. The van der Waals surface area contributed by atoms with Crippen LogP contribution in [0.4, 0.5) is 5.69 Å². The fourth-order valence-corrected chi connectivity index (χ4v) is 3.06. The Morgan fingerprint density at radius 2 is 2.00 bits per heavy atom. The number of para-hydroxylation sites is 1. The summed E-state index contributed by atoms with van der Waals surface area (Å²) in [6.07, 6.45) is 2.01. The van der Waals surface area contributed by atoms with Crippen LogP contribution in [0.3, 0.4) is 0 Å². The second-order valence-electron chi connectivity index (χ2n) is 6.74. The lowest BCUT2D eigenvalue weighted by molar-refractivity contribution is -0.122. The number of hydrogen-bond donors (Lipinski definition) is 2. The Balaban J connectivity index is 1.57. The molecule has 2 aromatic rings. The molecule has 2 amide bonds. The maximum absolute atomic E-state index is 12.6. The lowest BCUT2D eigenvalue weighted by Crippen LogP contribution is -2.33. The number of carbonyl (C=O) groups excluding carboxylic acids is 2. The van der Waals surface area contributed by atoms with Gasteiger partial charge in [0.2, 0.25) is 0 Å². The van der Waals surface area contributed by atoms with Gasteiger partial charge < -0.3 is 20.1 Å². The average molecular weight is 382 g/mol. The molecule has 2 unspecified atom stereocenters. The second-order valence-corrected chi connectivity index (χ2v) is 6.74. The van der Waals surface area contributed by atoms with Gasteiger partial charge in [-0.3, -0.25) is 9.59 Å². The molecule has 1 heterocycles. The number of rotatable bonds is 8. The van der Waals surface area contributed by atoms with Crippen molar-refractivity contribution in [2.45, 2.75) is 38.4 Å². The average Bonchev–Trinajstić information content (AvgIpc) is 3.25. The molecule has 1 aliphatic heterocycles. The lowest BCUT2D eigenvalue weighted by Gasteiger charge is -2.17. The fourth-order valence-electron chi connectivity index (χ4n) is 3.06. The van der Waals surface area contributed by atoms with Crippen LogP contribution in [-0.4, -0.2) is 37.2 Å². The Morgan fingerprint density at radius 1 is 1.18 bits per heavy atom. The third-order valence-electron chi connectivity index (χ3n) is 4.59. The molecular weight excluding hydrogens is 356 g/mol. The molecule has 0 aliphatic carbocycles. The van der Waals surface area contributed by atoms with Crippen molar-refractivity contribution in [3.63, 3.8) is 0 Å². The molecule has 0 spiro atoms. The van der Waals surface area contributed by atoms with Crippen LogP contribution in [0.1, 0.15) is 36.5 Å². The van der Waals surface area contributed by atoms with Crippen LogP contribution >= 0.6 is 0 Å². The molecule has 2 aromatic carbocycles. The smallest absolute Gasteiger partial charge is 0.265 e. The van der Waals surface area contributed by atoms with Crippen molar-refractivity contribution in [2.24, 2.45) is 0 Å². The van der Waals surface area contributed by atoms with Gasteiger partial charge in [-0.15, -0.1) is 0 Å². The summed E-state index contributed by atoms with van der Waals surface area (Å²) < 4.78 is 11.3. The molecule has 0 radical (unpaired) electrons. The molecule has 1 aliphatic rings. The van der Waals surface area contributed by atoms with Crippen LogP contribution in [-0.2, 0) is 9.53 Å². The van der Waals surface area contributed by atoms with E-state index in [2.05, 4.69) is 10.6 Å². The quantitative estimate of drug-likeness (QED) is 0.734. The van der Waals surface area contributed by atoms with E-state index in [1.165, 1.54) is 0 Å². The van der Waals surface area contributed by atoms with Gasteiger partial charge in [0.05, 0.1) is 6.10 Å². The van der Waals surface area contributed by atoms with Crippen LogP contribution in [0.5, 0.6) is 5.75 Å². The first-order valence-electron chi connectivity index (χ1n) is 9.68. The highest BCUT2D eigenvalue weighted by atomic mass is 16.5. The Kier molecular flexibility index (Phi) is 7.03.